The van der Waals surface area contributed by atoms with Crippen LogP contribution < -0.4 is 53.2 Å². The number of benzene rings is 5. The van der Waals surface area contributed by atoms with E-state index in [4.69, 9.17) is 0 Å². The number of fused-ring (bicyclic) bond motifs is 11. The lowest BCUT2D eigenvalue weighted by Crippen LogP contribution is -3.00. The van der Waals surface area contributed by atoms with Crippen LogP contribution in [-0.4, -0.2) is 50.2 Å². The Labute approximate surface area is 332 Å². The molecule has 6 unspecified atom stereocenters. The molecular formula is C48H32I2N2. The number of nitrogens with zero attached hydrogens (tertiary/aromatic N) is 2. The monoisotopic (exact) mass is 890 g/mol. The number of likely N-dealkylation sites (tertiary alicyclic amines) is 1. The minimum atomic E-state index is 0. The van der Waals surface area contributed by atoms with Crippen molar-refractivity contribution in [1.29, 1.82) is 0 Å². The molecule has 4 heteroatoms. The van der Waals surface area contributed by atoms with Gasteiger partial charge in [-0.15, -0.1) is 0 Å². The van der Waals surface area contributed by atoms with Gasteiger partial charge < -0.3 is 56.9 Å². The Balaban J connectivity index is 0.00000132. The van der Waals surface area contributed by atoms with Gasteiger partial charge in [-0.25, -0.2) is 0 Å². The van der Waals surface area contributed by atoms with Crippen LogP contribution in [0.2, 0.25) is 0 Å². The van der Waals surface area contributed by atoms with Crippen molar-refractivity contribution in [3.05, 3.63) is 74.0 Å². The molecule has 0 radical (unpaired) electrons. The molecule has 52 heavy (non-hydrogen) atoms. The number of allylic oxidation sites excluding steroid dienone is 2. The molecule has 248 valence electrons. The molecule has 0 spiro atoms. The smallest absolute Gasteiger partial charge is 0.105 e. The molecule has 6 aliphatic carbocycles. The van der Waals surface area contributed by atoms with Crippen LogP contribution >= 0.6 is 0 Å². The number of hydrogen-bond donors (Lipinski definition) is 0. The van der Waals surface area contributed by atoms with Gasteiger partial charge in [-0.2, -0.15) is 0 Å². The van der Waals surface area contributed by atoms with E-state index in [0.717, 1.165) is 22.1 Å². The Hall–Kier alpha value is -3.04. The summed E-state index contributed by atoms with van der Waals surface area (Å²) in [6.45, 7) is 4.81. The maximum Gasteiger partial charge on any atom is 0.105 e. The van der Waals surface area contributed by atoms with Crippen LogP contribution in [0, 0.1) is 11.8 Å². The molecule has 2 heterocycles. The minimum absolute atomic E-state index is 0. The fourth-order valence-electron chi connectivity index (χ4n) is 16.5. The third kappa shape index (κ3) is 2.13. The fraction of sp³-hybridized carbons (Fsp3) is 0.292. The van der Waals surface area contributed by atoms with E-state index in [-0.39, 0.29) is 48.0 Å². The molecule has 0 aromatic heterocycles. The Morgan fingerprint density at radius 1 is 0.462 bits per heavy atom. The van der Waals surface area contributed by atoms with Gasteiger partial charge in [-0.05, 0) is 148 Å². The largest absolute Gasteiger partial charge is 1.00 e. The van der Waals surface area contributed by atoms with E-state index in [9.17, 15) is 0 Å². The third-order valence-corrected chi connectivity index (χ3v) is 17.2. The van der Waals surface area contributed by atoms with E-state index >= 15 is 0 Å². The van der Waals surface area contributed by atoms with E-state index in [1.54, 1.807) is 141 Å². The van der Waals surface area contributed by atoms with Crippen molar-refractivity contribution in [2.45, 2.75) is 36.8 Å². The molecule has 18 rings (SSSR count). The van der Waals surface area contributed by atoms with Crippen LogP contribution in [0.1, 0.15) is 68.2 Å². The summed E-state index contributed by atoms with van der Waals surface area (Å²) in [4.78, 5) is 0. The maximum atomic E-state index is 2.73. The van der Waals surface area contributed by atoms with Gasteiger partial charge in [-0.1, -0.05) is 36.4 Å². The van der Waals surface area contributed by atoms with Gasteiger partial charge in [0.1, 0.15) is 13.1 Å². The van der Waals surface area contributed by atoms with Gasteiger partial charge in [0.15, 0.2) is 0 Å². The highest BCUT2D eigenvalue weighted by Gasteiger charge is 2.58. The quantitative estimate of drug-likeness (QED) is 0.125. The van der Waals surface area contributed by atoms with E-state index < -0.39 is 0 Å². The summed E-state index contributed by atoms with van der Waals surface area (Å²) in [6.07, 6.45) is 10.7. The van der Waals surface area contributed by atoms with Crippen molar-refractivity contribution in [2.24, 2.45) is 11.8 Å². The van der Waals surface area contributed by atoms with Crippen molar-refractivity contribution in [2.75, 3.05) is 41.3 Å². The van der Waals surface area contributed by atoms with Crippen LogP contribution in [0.5, 0.6) is 0 Å². The highest BCUT2D eigenvalue weighted by atomic mass is 127. The zero-order chi connectivity index (χ0) is 31.7. The zero-order valence-corrected chi connectivity index (χ0v) is 33.7. The Bertz CT molecular complexity index is 3630. The average Bonchev–Trinajstić information content (AvgIpc) is 3.93. The first-order valence-corrected chi connectivity index (χ1v) is 19.5. The van der Waals surface area contributed by atoms with Gasteiger partial charge in [0.2, 0.25) is 0 Å². The predicted octanol–water partition coefficient (Wildman–Crippen LogP) is 3.42. The van der Waals surface area contributed by atoms with Crippen molar-refractivity contribution < 1.29 is 56.9 Å². The normalized spacial score (nSPS) is 29.8. The zero-order valence-electron chi connectivity index (χ0n) is 29.4. The lowest BCUT2D eigenvalue weighted by molar-refractivity contribution is -0.909. The molecular weight excluding hydrogens is 858 g/mol. The third-order valence-electron chi connectivity index (χ3n) is 17.2. The lowest BCUT2D eigenvalue weighted by Gasteiger charge is -2.29. The summed E-state index contributed by atoms with van der Waals surface area (Å²) in [6, 6.07) is 5.17. The summed E-state index contributed by atoms with van der Waals surface area (Å²) in [7, 11) is 10.1. The number of likely N-dealkylation sites (N-methyl/N-ethyl adjacent to an activating group) is 1. The molecule has 0 bridgehead atoms. The van der Waals surface area contributed by atoms with Crippen molar-refractivity contribution in [1.82, 2.24) is 0 Å². The van der Waals surface area contributed by atoms with Crippen LogP contribution in [0.3, 0.4) is 0 Å². The SMILES string of the molecule is C[N+]1(C)Cc2c(c3c4ccc5c6c7c8c9c%10c%11c%12c%13c(c%14c%12c%12c(c2c2c%12c%11c9c(c4c58)c32)C2C[N+](C)(C)CC%142)C=CC2C%13C=%10C7C2C=C6)C1.[I-].[I-]. The molecule has 2 fully saturated rings. The van der Waals surface area contributed by atoms with Crippen LogP contribution in [0.25, 0.3) is 115 Å². The second kappa shape index (κ2) is 7.23. The highest BCUT2D eigenvalue weighted by Crippen LogP contribution is 2.73. The number of rotatable bonds is 0. The summed E-state index contributed by atoms with van der Waals surface area (Å²) < 4.78 is 2.20. The van der Waals surface area contributed by atoms with Gasteiger partial charge in [0.05, 0.1) is 41.3 Å². The van der Waals surface area contributed by atoms with Crippen molar-refractivity contribution >= 4 is 115 Å². The summed E-state index contributed by atoms with van der Waals surface area (Å²) in [5, 5.41) is 31.8. The van der Waals surface area contributed by atoms with Gasteiger partial charge in [0, 0.05) is 40.2 Å². The Kier molecular flexibility index (Phi) is 3.83. The predicted molar refractivity (Wildman–Crippen MR) is 207 cm³/mol. The first-order chi connectivity index (χ1) is 24.3. The second-order valence-electron chi connectivity index (χ2n) is 20.0. The van der Waals surface area contributed by atoms with Gasteiger partial charge >= 0.3 is 0 Å². The molecule has 0 amide bonds. The number of quaternary nitrogens is 2. The first-order valence-electron chi connectivity index (χ1n) is 19.5. The lowest BCUT2D eigenvalue weighted by atomic mass is 9.74. The molecule has 1 saturated carbocycles. The van der Waals surface area contributed by atoms with E-state index in [1.165, 1.54) is 18.5 Å². The molecule has 2 nitrogen and oxygen atoms in total. The molecule has 10 aromatic carbocycles. The second-order valence-corrected chi connectivity index (χ2v) is 20.0. The minimum Gasteiger partial charge on any atom is -1.00 e. The van der Waals surface area contributed by atoms with Gasteiger partial charge in [-0.3, -0.25) is 0 Å². The van der Waals surface area contributed by atoms with Crippen molar-refractivity contribution in [3.8, 4) is 0 Å². The molecule has 2 aliphatic heterocycles. The van der Waals surface area contributed by atoms with Crippen LogP contribution in [-0.2, 0) is 13.1 Å². The standard InChI is InChI=1S/C48H32N2.2HI/c1-49(2)11-21-23(13-49)33-34-24-14-50(3,4)12-22(24)26-20-10-8-18-16-6-5-15-17-7-9-19-25(21)35-39-31(19)29(17)37-27(15)28(16)38-30(18)32(20)40-36(26)42(34)45(41(33)35)48-46(39)43(37)44(38)47(40)48;;/h5-10,15,17,21,23,27,29H,11-14H2,1-4H3;2*1H/q+2;;/p-2. The summed E-state index contributed by atoms with van der Waals surface area (Å²) in [5.74, 6) is 3.39. The molecule has 8 aliphatic rings. The highest BCUT2D eigenvalue weighted by molar-refractivity contribution is 6.59. The fourth-order valence-corrected chi connectivity index (χ4v) is 16.5. The summed E-state index contributed by atoms with van der Waals surface area (Å²) in [5.41, 5.74) is 15.6. The average molecular weight is 891 g/mol. The van der Waals surface area contributed by atoms with Crippen molar-refractivity contribution in [3.63, 3.8) is 0 Å². The van der Waals surface area contributed by atoms with E-state index in [2.05, 4.69) is 64.6 Å². The Morgan fingerprint density at radius 3 is 1.71 bits per heavy atom. The van der Waals surface area contributed by atoms with Crippen LogP contribution in [0.15, 0.2) is 24.3 Å². The molecule has 6 atom stereocenters. The molecule has 10 aromatic rings. The van der Waals surface area contributed by atoms with Crippen LogP contribution in [0.4, 0.5) is 0 Å². The van der Waals surface area contributed by atoms with E-state index in [0.29, 0.717) is 35.5 Å². The maximum absolute atomic E-state index is 2.73. The van der Waals surface area contributed by atoms with Gasteiger partial charge in [0.25, 0.3) is 0 Å². The molecule has 0 N–H and O–H groups in total. The Morgan fingerprint density at radius 2 is 0.962 bits per heavy atom. The number of halogens is 2. The number of hydrogen-bond acceptors (Lipinski definition) is 0. The van der Waals surface area contributed by atoms with E-state index in [1.807, 2.05) is 5.57 Å². The molecule has 1 saturated heterocycles. The summed E-state index contributed by atoms with van der Waals surface area (Å²) >= 11 is 0. The topological polar surface area (TPSA) is 0 Å². The first kappa shape index (κ1) is 27.5.